The van der Waals surface area contributed by atoms with Gasteiger partial charge < -0.3 is 15.4 Å². The number of benzene rings is 1. The zero-order valence-electron chi connectivity index (χ0n) is 16.4. The van der Waals surface area contributed by atoms with E-state index >= 15 is 0 Å². The minimum Gasteiger partial charge on any atom is -0.381 e. The minimum absolute atomic E-state index is 0. The summed E-state index contributed by atoms with van der Waals surface area (Å²) in [7, 11) is 0. The molecule has 0 spiro atoms. The summed E-state index contributed by atoms with van der Waals surface area (Å²) in [5, 5.41) is 7.63. The maximum atomic E-state index is 6.26. The maximum Gasteiger partial charge on any atom is 0.191 e. The summed E-state index contributed by atoms with van der Waals surface area (Å²) in [6.45, 7) is 6.23. The Bertz CT molecular complexity index is 568. The topological polar surface area (TPSA) is 45.7 Å². The highest BCUT2D eigenvalue weighted by atomic mass is 127. The monoisotopic (exact) mass is 525 g/mol. The molecular weight excluding hydrogens is 493 g/mol. The van der Waals surface area contributed by atoms with Crippen LogP contribution in [0.15, 0.2) is 29.3 Å². The van der Waals surface area contributed by atoms with Gasteiger partial charge in [-0.1, -0.05) is 23.7 Å². The van der Waals surface area contributed by atoms with E-state index in [4.69, 9.17) is 21.3 Å². The molecule has 1 aromatic carbocycles. The molecular formula is C20H33ClIN3OS. The predicted octanol–water partition coefficient (Wildman–Crippen LogP) is 4.70. The number of nitrogens with one attached hydrogen (secondary N) is 2. The van der Waals surface area contributed by atoms with Crippen LogP contribution in [0.1, 0.15) is 38.2 Å². The second-order valence-electron chi connectivity index (χ2n) is 6.72. The van der Waals surface area contributed by atoms with E-state index in [-0.39, 0.29) is 29.4 Å². The van der Waals surface area contributed by atoms with Crippen LogP contribution < -0.4 is 10.6 Å². The Labute approximate surface area is 190 Å². The number of aliphatic imine (C=N–C) groups is 1. The number of unbranched alkanes of at least 4 members (excludes halogenated alkanes) is 1. The van der Waals surface area contributed by atoms with Crippen molar-refractivity contribution in [3.05, 3.63) is 34.9 Å². The average Bonchev–Trinajstić information content (AvgIpc) is 2.66. The van der Waals surface area contributed by atoms with Gasteiger partial charge in [0, 0.05) is 36.7 Å². The molecule has 0 aromatic heterocycles. The van der Waals surface area contributed by atoms with Crippen LogP contribution in [0.3, 0.4) is 0 Å². The highest BCUT2D eigenvalue weighted by molar-refractivity contribution is 14.0. The Hall–Kier alpha value is -0.180. The first-order valence-corrected chi connectivity index (χ1v) is 11.3. The predicted molar refractivity (Wildman–Crippen MR) is 130 cm³/mol. The summed E-state index contributed by atoms with van der Waals surface area (Å²) >= 11 is 8.16. The van der Waals surface area contributed by atoms with Gasteiger partial charge in [-0.3, -0.25) is 4.99 Å². The number of ether oxygens (including phenoxy) is 1. The molecule has 1 heterocycles. The van der Waals surface area contributed by atoms with Crippen molar-refractivity contribution < 1.29 is 4.74 Å². The van der Waals surface area contributed by atoms with Crippen LogP contribution in [0, 0.1) is 0 Å². The van der Waals surface area contributed by atoms with Crippen molar-refractivity contribution in [2.75, 3.05) is 44.9 Å². The number of rotatable bonds is 9. The van der Waals surface area contributed by atoms with Gasteiger partial charge in [-0.15, -0.1) is 24.0 Å². The lowest BCUT2D eigenvalue weighted by Gasteiger charge is -2.36. The van der Waals surface area contributed by atoms with E-state index in [0.29, 0.717) is 0 Å². The van der Waals surface area contributed by atoms with E-state index < -0.39 is 0 Å². The SMILES string of the molecule is CCNC(=NCC1(c2cccc(Cl)c2)CCOCC1)NCCCCSC.I. The Morgan fingerprint density at radius 2 is 2.04 bits per heavy atom. The van der Waals surface area contributed by atoms with Gasteiger partial charge >= 0.3 is 0 Å². The number of thioether (sulfide) groups is 1. The van der Waals surface area contributed by atoms with Gasteiger partial charge in [0.25, 0.3) is 0 Å². The van der Waals surface area contributed by atoms with Gasteiger partial charge in [0.1, 0.15) is 0 Å². The Kier molecular flexibility index (Phi) is 12.8. The smallest absolute Gasteiger partial charge is 0.191 e. The van der Waals surface area contributed by atoms with Gasteiger partial charge in [0.15, 0.2) is 5.96 Å². The molecule has 1 fully saturated rings. The standard InChI is InChI=1S/C20H32ClN3OS.HI/c1-3-22-19(23-11-4-5-14-26-2)24-16-20(9-12-25-13-10-20)17-7-6-8-18(21)15-17;/h6-8,15H,3-5,9-14,16H2,1-2H3,(H2,22,23,24);1H. The van der Waals surface area contributed by atoms with Crippen molar-refractivity contribution in [3.8, 4) is 0 Å². The van der Waals surface area contributed by atoms with E-state index in [9.17, 15) is 0 Å². The lowest BCUT2D eigenvalue weighted by Crippen LogP contribution is -2.41. The molecule has 2 N–H and O–H groups in total. The Morgan fingerprint density at radius 3 is 2.70 bits per heavy atom. The van der Waals surface area contributed by atoms with Crippen LogP contribution in [-0.4, -0.2) is 50.8 Å². The van der Waals surface area contributed by atoms with Gasteiger partial charge in [-0.05, 0) is 62.3 Å². The first kappa shape index (κ1) is 24.9. The molecule has 0 saturated carbocycles. The molecule has 154 valence electrons. The summed E-state index contributed by atoms with van der Waals surface area (Å²) in [6, 6.07) is 8.23. The van der Waals surface area contributed by atoms with Crippen molar-refractivity contribution in [1.29, 1.82) is 0 Å². The molecule has 1 aliphatic heterocycles. The van der Waals surface area contributed by atoms with E-state index in [1.54, 1.807) is 0 Å². The summed E-state index contributed by atoms with van der Waals surface area (Å²) in [6.07, 6.45) is 6.51. The minimum atomic E-state index is 0. The fourth-order valence-corrected chi connectivity index (χ4v) is 3.95. The van der Waals surface area contributed by atoms with E-state index in [1.165, 1.54) is 24.2 Å². The van der Waals surface area contributed by atoms with Gasteiger partial charge in [-0.2, -0.15) is 11.8 Å². The first-order chi connectivity index (χ1) is 12.7. The second-order valence-corrected chi connectivity index (χ2v) is 8.15. The molecule has 0 bridgehead atoms. The fourth-order valence-electron chi connectivity index (χ4n) is 3.27. The van der Waals surface area contributed by atoms with Crippen LogP contribution in [0.2, 0.25) is 5.02 Å². The Morgan fingerprint density at radius 1 is 1.26 bits per heavy atom. The number of hydrogen-bond acceptors (Lipinski definition) is 3. The average molecular weight is 526 g/mol. The number of hydrogen-bond donors (Lipinski definition) is 2. The quantitative estimate of drug-likeness (QED) is 0.212. The molecule has 1 saturated heterocycles. The molecule has 1 aliphatic rings. The van der Waals surface area contributed by atoms with Crippen molar-refractivity contribution in [1.82, 2.24) is 10.6 Å². The summed E-state index contributed by atoms with van der Waals surface area (Å²) in [5.74, 6) is 2.12. The third kappa shape index (κ3) is 8.38. The van der Waals surface area contributed by atoms with Crippen molar-refractivity contribution >= 4 is 53.3 Å². The first-order valence-electron chi connectivity index (χ1n) is 9.55. The molecule has 1 aromatic rings. The number of nitrogens with zero attached hydrogens (tertiary/aromatic N) is 1. The molecule has 4 nitrogen and oxygen atoms in total. The molecule has 0 unspecified atom stereocenters. The van der Waals surface area contributed by atoms with Crippen LogP contribution >= 0.6 is 47.3 Å². The molecule has 0 amide bonds. The Balaban J connectivity index is 0.00000364. The summed E-state index contributed by atoms with van der Waals surface area (Å²) in [5.41, 5.74) is 1.28. The third-order valence-corrected chi connectivity index (χ3v) is 5.77. The molecule has 0 aliphatic carbocycles. The third-order valence-electron chi connectivity index (χ3n) is 4.84. The molecule has 0 atom stereocenters. The summed E-state index contributed by atoms with van der Waals surface area (Å²) < 4.78 is 5.62. The molecule has 27 heavy (non-hydrogen) atoms. The van der Waals surface area contributed by atoms with E-state index in [0.717, 1.165) is 56.7 Å². The maximum absolute atomic E-state index is 6.26. The largest absolute Gasteiger partial charge is 0.381 e. The van der Waals surface area contributed by atoms with Gasteiger partial charge in [-0.25, -0.2) is 0 Å². The van der Waals surface area contributed by atoms with E-state index in [2.05, 4.69) is 35.9 Å². The van der Waals surface area contributed by atoms with Crippen LogP contribution in [0.5, 0.6) is 0 Å². The zero-order chi connectivity index (χ0) is 18.7. The highest BCUT2D eigenvalue weighted by Crippen LogP contribution is 2.36. The summed E-state index contributed by atoms with van der Waals surface area (Å²) in [4.78, 5) is 4.92. The lowest BCUT2D eigenvalue weighted by molar-refractivity contribution is 0.0531. The molecule has 7 heteroatoms. The van der Waals surface area contributed by atoms with Crippen molar-refractivity contribution in [2.45, 2.75) is 38.0 Å². The highest BCUT2D eigenvalue weighted by Gasteiger charge is 2.34. The van der Waals surface area contributed by atoms with Crippen LogP contribution in [0.4, 0.5) is 0 Å². The number of halogens is 2. The lowest BCUT2D eigenvalue weighted by atomic mass is 9.74. The molecule has 0 radical (unpaired) electrons. The van der Waals surface area contributed by atoms with E-state index in [1.807, 2.05) is 23.9 Å². The normalized spacial score (nSPS) is 16.5. The zero-order valence-corrected chi connectivity index (χ0v) is 20.3. The van der Waals surface area contributed by atoms with Crippen molar-refractivity contribution in [3.63, 3.8) is 0 Å². The molecule has 2 rings (SSSR count). The second kappa shape index (κ2) is 13.9. The van der Waals surface area contributed by atoms with Gasteiger partial charge in [0.2, 0.25) is 0 Å². The van der Waals surface area contributed by atoms with Gasteiger partial charge in [0.05, 0.1) is 6.54 Å². The van der Waals surface area contributed by atoms with Crippen LogP contribution in [0.25, 0.3) is 0 Å². The van der Waals surface area contributed by atoms with Crippen LogP contribution in [-0.2, 0) is 10.2 Å². The number of guanidine groups is 1. The fraction of sp³-hybridized carbons (Fsp3) is 0.650. The van der Waals surface area contributed by atoms with Crippen molar-refractivity contribution in [2.24, 2.45) is 4.99 Å².